The second-order valence-corrected chi connectivity index (χ2v) is 19.5. The van der Waals surface area contributed by atoms with Crippen LogP contribution in [0.4, 0.5) is 17.6 Å². The van der Waals surface area contributed by atoms with Crippen LogP contribution in [0.2, 0.25) is 25.7 Å². The standard InChI is InChI=1S/C35H42F4N4O7Si/c1-33(40)19-50-31-24(33)16-28(34(46,35(37,38)39)18-41-32(45)21-9-10-26(49-12-11-44)27(15-21)47-2)42-29(31)23-17-43(20-48-13-14-51(3,4)5)30-22(23)7-6-8-25(30)36/h6-10,15-17,44,46H,11-14,18-20,40H2,1-5H3,(H,41,45). The zero-order chi connectivity index (χ0) is 37.4. The first-order valence-electron chi connectivity index (χ1n) is 16.2. The number of hydrogen-bond donors (Lipinski definition) is 4. The fraction of sp³-hybridized carbons (Fsp3) is 0.429. The molecule has 2 atom stereocenters. The number of halogens is 4. The second-order valence-electron chi connectivity index (χ2n) is 13.9. The molecule has 5 N–H and O–H groups in total. The van der Waals surface area contributed by atoms with Gasteiger partial charge >= 0.3 is 6.18 Å². The van der Waals surface area contributed by atoms with Gasteiger partial charge in [0, 0.05) is 43.0 Å². The van der Waals surface area contributed by atoms with E-state index in [9.17, 15) is 23.1 Å². The number of methoxy groups -OCH3 is 1. The lowest BCUT2D eigenvalue weighted by atomic mass is 9.89. The second kappa shape index (κ2) is 14.4. The highest BCUT2D eigenvalue weighted by Crippen LogP contribution is 2.48. The molecule has 1 amide bonds. The third kappa shape index (κ3) is 7.84. The predicted molar refractivity (Wildman–Crippen MR) is 184 cm³/mol. The summed E-state index contributed by atoms with van der Waals surface area (Å²) in [5.41, 5.74) is 0.998. The number of hydrogen-bond acceptors (Lipinski definition) is 9. The van der Waals surface area contributed by atoms with Gasteiger partial charge in [0.15, 0.2) is 17.2 Å². The Labute approximate surface area is 293 Å². The Morgan fingerprint density at radius 2 is 1.90 bits per heavy atom. The third-order valence-electron chi connectivity index (χ3n) is 8.61. The summed E-state index contributed by atoms with van der Waals surface area (Å²) in [5.74, 6) is -1.13. The Hall–Kier alpha value is -4.22. The lowest BCUT2D eigenvalue weighted by molar-refractivity contribution is -0.265. The van der Waals surface area contributed by atoms with Crippen molar-refractivity contribution in [1.29, 1.82) is 0 Å². The van der Waals surface area contributed by atoms with Crippen LogP contribution in [0, 0.1) is 5.82 Å². The number of aliphatic hydroxyl groups is 2. The van der Waals surface area contributed by atoms with Crippen molar-refractivity contribution in [2.24, 2.45) is 5.73 Å². The van der Waals surface area contributed by atoms with E-state index in [2.05, 4.69) is 29.9 Å². The van der Waals surface area contributed by atoms with Crippen molar-refractivity contribution in [3.05, 3.63) is 71.3 Å². The third-order valence-corrected chi connectivity index (χ3v) is 10.3. The molecule has 0 radical (unpaired) electrons. The van der Waals surface area contributed by atoms with E-state index in [0.29, 0.717) is 12.0 Å². The number of ether oxygens (including phenoxy) is 4. The Bertz CT molecular complexity index is 1910. The van der Waals surface area contributed by atoms with E-state index in [-0.39, 0.29) is 71.7 Å². The molecule has 0 spiro atoms. The van der Waals surface area contributed by atoms with Crippen LogP contribution in [-0.2, 0) is 22.6 Å². The number of pyridine rings is 1. The number of carbonyl (C=O) groups excluding carboxylic acids is 1. The Morgan fingerprint density at radius 1 is 1.16 bits per heavy atom. The number of nitrogens with two attached hydrogens (primary N) is 1. The molecule has 0 fully saturated rings. The van der Waals surface area contributed by atoms with Crippen LogP contribution in [0.5, 0.6) is 17.2 Å². The van der Waals surface area contributed by atoms with Crippen LogP contribution in [0.1, 0.15) is 28.5 Å². The van der Waals surface area contributed by atoms with E-state index in [1.165, 1.54) is 48.2 Å². The summed E-state index contributed by atoms with van der Waals surface area (Å²) in [6, 6.07) is 10.2. The molecular formula is C35H42F4N4O7Si. The Balaban J connectivity index is 1.56. The van der Waals surface area contributed by atoms with Gasteiger partial charge in [-0.25, -0.2) is 9.37 Å². The van der Waals surface area contributed by atoms with Gasteiger partial charge < -0.3 is 44.8 Å². The molecule has 3 heterocycles. The minimum atomic E-state index is -5.34. The molecule has 51 heavy (non-hydrogen) atoms. The number of aliphatic hydroxyl groups excluding tert-OH is 1. The van der Waals surface area contributed by atoms with Crippen molar-refractivity contribution in [1.82, 2.24) is 14.9 Å². The molecule has 0 aliphatic carbocycles. The smallest absolute Gasteiger partial charge is 0.424 e. The van der Waals surface area contributed by atoms with Crippen molar-refractivity contribution >= 4 is 24.9 Å². The molecule has 5 rings (SSSR count). The van der Waals surface area contributed by atoms with E-state index in [1.807, 2.05) is 0 Å². The molecule has 0 bridgehead atoms. The quantitative estimate of drug-likeness (QED) is 0.0771. The summed E-state index contributed by atoms with van der Waals surface area (Å²) in [6.07, 6.45) is -3.81. The first-order chi connectivity index (χ1) is 23.9. The summed E-state index contributed by atoms with van der Waals surface area (Å²) in [6.45, 7) is 6.81. The van der Waals surface area contributed by atoms with Gasteiger partial charge in [-0.1, -0.05) is 31.8 Å². The lowest BCUT2D eigenvalue weighted by Crippen LogP contribution is -2.51. The molecule has 11 nitrogen and oxygen atoms in total. The van der Waals surface area contributed by atoms with Gasteiger partial charge in [-0.3, -0.25) is 4.79 Å². The number of fused-ring (bicyclic) bond motifs is 2. The first-order valence-corrected chi connectivity index (χ1v) is 19.9. The monoisotopic (exact) mass is 734 g/mol. The number of nitrogens with zero attached hydrogens (tertiary/aromatic N) is 2. The maximum absolute atomic E-state index is 15.3. The highest BCUT2D eigenvalue weighted by molar-refractivity contribution is 6.76. The molecular weight excluding hydrogens is 692 g/mol. The molecule has 2 unspecified atom stereocenters. The van der Waals surface area contributed by atoms with E-state index in [1.54, 1.807) is 13.0 Å². The van der Waals surface area contributed by atoms with E-state index >= 15 is 4.39 Å². The molecule has 1 aliphatic heterocycles. The maximum Gasteiger partial charge on any atom is 0.424 e. The molecule has 0 saturated carbocycles. The fourth-order valence-electron chi connectivity index (χ4n) is 5.67. The van der Waals surface area contributed by atoms with Crippen LogP contribution in [0.25, 0.3) is 22.2 Å². The van der Waals surface area contributed by atoms with Crippen LogP contribution in [-0.4, -0.2) is 80.0 Å². The zero-order valence-corrected chi connectivity index (χ0v) is 30.0. The van der Waals surface area contributed by atoms with Gasteiger partial charge in [0.2, 0.25) is 5.60 Å². The van der Waals surface area contributed by atoms with Gasteiger partial charge in [0.1, 0.15) is 31.5 Å². The fourth-order valence-corrected chi connectivity index (χ4v) is 6.43. The van der Waals surface area contributed by atoms with Crippen LogP contribution in [0.15, 0.2) is 48.7 Å². The average molecular weight is 735 g/mol. The van der Waals surface area contributed by atoms with Gasteiger partial charge in [-0.05, 0) is 43.3 Å². The summed E-state index contributed by atoms with van der Waals surface area (Å²) in [4.78, 5) is 17.5. The number of amides is 1. The number of carbonyl (C=O) groups is 1. The number of para-hydroxylation sites is 1. The van der Waals surface area contributed by atoms with Crippen molar-refractivity contribution in [2.45, 2.75) is 56.7 Å². The number of rotatable bonds is 14. The van der Waals surface area contributed by atoms with E-state index in [0.717, 1.165) is 12.1 Å². The number of aromatic nitrogens is 2. The molecule has 2 aromatic carbocycles. The lowest BCUT2D eigenvalue weighted by Gasteiger charge is -2.31. The number of nitrogens with one attached hydrogen (secondary N) is 1. The van der Waals surface area contributed by atoms with Crippen LogP contribution >= 0.6 is 0 Å². The molecule has 276 valence electrons. The minimum absolute atomic E-state index is 0.0307. The van der Waals surface area contributed by atoms with Crippen molar-refractivity contribution < 1.29 is 51.5 Å². The van der Waals surface area contributed by atoms with Gasteiger partial charge in [0.05, 0.1) is 37.0 Å². The average Bonchev–Trinajstić information content (AvgIpc) is 3.60. The van der Waals surface area contributed by atoms with Gasteiger partial charge in [0.25, 0.3) is 5.91 Å². The summed E-state index contributed by atoms with van der Waals surface area (Å²) >= 11 is 0. The largest absolute Gasteiger partial charge is 0.493 e. The van der Waals surface area contributed by atoms with Crippen molar-refractivity contribution in [2.75, 3.05) is 40.1 Å². The first kappa shape index (κ1) is 38.0. The van der Waals surface area contributed by atoms with Crippen molar-refractivity contribution in [3.8, 4) is 28.5 Å². The molecule has 0 saturated heterocycles. The van der Waals surface area contributed by atoms with Gasteiger partial charge in [-0.15, -0.1) is 0 Å². The normalized spacial score (nSPS) is 17.2. The van der Waals surface area contributed by atoms with Crippen LogP contribution in [0.3, 0.4) is 0 Å². The Morgan fingerprint density at radius 3 is 2.57 bits per heavy atom. The molecule has 2 aromatic heterocycles. The highest BCUT2D eigenvalue weighted by atomic mass is 28.3. The van der Waals surface area contributed by atoms with Crippen LogP contribution < -0.4 is 25.3 Å². The van der Waals surface area contributed by atoms with E-state index in [4.69, 9.17) is 29.8 Å². The van der Waals surface area contributed by atoms with E-state index < -0.39 is 49.4 Å². The molecule has 16 heteroatoms. The number of alkyl halides is 3. The van der Waals surface area contributed by atoms with Crippen molar-refractivity contribution in [3.63, 3.8) is 0 Å². The molecule has 1 aliphatic rings. The maximum atomic E-state index is 15.3. The Kier molecular flexibility index (Phi) is 10.8. The highest BCUT2D eigenvalue weighted by Gasteiger charge is 2.57. The van der Waals surface area contributed by atoms with Gasteiger partial charge in [-0.2, -0.15) is 13.2 Å². The summed E-state index contributed by atoms with van der Waals surface area (Å²) in [5, 5.41) is 23.0. The SMILES string of the molecule is COc1cc(C(=O)NCC(O)(c2cc3c(c(-c4cn(COCC[Si](C)(C)C)c5c(F)cccc45)n2)OCC3(C)N)C(F)(F)F)ccc1OCCO. The molecule has 4 aromatic rings. The zero-order valence-electron chi connectivity index (χ0n) is 29.0. The summed E-state index contributed by atoms with van der Waals surface area (Å²) in [7, 11) is -0.114. The predicted octanol–water partition coefficient (Wildman–Crippen LogP) is 5.28. The number of benzene rings is 2. The summed E-state index contributed by atoms with van der Waals surface area (Å²) < 4.78 is 84.1. The topological polar surface area (TPSA) is 150 Å². The minimum Gasteiger partial charge on any atom is -0.493 e.